The molecule has 32 heavy (non-hydrogen) atoms. The summed E-state index contributed by atoms with van der Waals surface area (Å²) in [6.07, 6.45) is 4.79. The summed E-state index contributed by atoms with van der Waals surface area (Å²) in [6.45, 7) is 3.98. The van der Waals surface area contributed by atoms with Crippen molar-refractivity contribution in [3.05, 3.63) is 86.1 Å². The summed E-state index contributed by atoms with van der Waals surface area (Å²) in [7, 11) is 1.84. The van der Waals surface area contributed by atoms with Gasteiger partial charge in [-0.3, -0.25) is 33.2 Å². The molecule has 10 heteroatoms. The first-order chi connectivity index (χ1) is 15.4. The van der Waals surface area contributed by atoms with Crippen molar-refractivity contribution >= 4 is 17.1 Å². The molecule has 1 N–H and O–H groups in total. The first-order valence-electron chi connectivity index (χ1n) is 10.1. The summed E-state index contributed by atoms with van der Waals surface area (Å²) < 4.78 is 4.25. The predicted octanol–water partition coefficient (Wildman–Crippen LogP) is 0.668. The van der Waals surface area contributed by atoms with Gasteiger partial charge in [0.2, 0.25) is 5.91 Å². The number of amides is 1. The van der Waals surface area contributed by atoms with E-state index in [-0.39, 0.29) is 25.5 Å². The van der Waals surface area contributed by atoms with Crippen molar-refractivity contribution in [1.29, 1.82) is 0 Å². The number of carbonyl (C=O) groups excluding carboxylic acids is 1. The van der Waals surface area contributed by atoms with E-state index >= 15 is 0 Å². The van der Waals surface area contributed by atoms with E-state index in [0.29, 0.717) is 11.2 Å². The van der Waals surface area contributed by atoms with Crippen LogP contribution in [0, 0.1) is 13.8 Å². The van der Waals surface area contributed by atoms with Gasteiger partial charge in [-0.15, -0.1) is 0 Å². The second-order valence-electron chi connectivity index (χ2n) is 7.53. The molecule has 1 amide bonds. The number of fused-ring (bicyclic) bond motifs is 1. The fourth-order valence-electron chi connectivity index (χ4n) is 3.68. The van der Waals surface area contributed by atoms with E-state index in [4.69, 9.17) is 0 Å². The summed E-state index contributed by atoms with van der Waals surface area (Å²) in [4.78, 5) is 46.7. The molecule has 4 rings (SSSR count). The number of pyridine rings is 2. The molecule has 4 aromatic heterocycles. The molecular weight excluding hydrogens is 410 g/mol. The summed E-state index contributed by atoms with van der Waals surface area (Å²) >= 11 is 0. The predicted molar refractivity (Wildman–Crippen MR) is 118 cm³/mol. The second-order valence-corrected chi connectivity index (χ2v) is 7.53. The van der Waals surface area contributed by atoms with Gasteiger partial charge >= 0.3 is 11.1 Å². The minimum Gasteiger partial charge on any atom is -0.350 e. The molecule has 0 unspecified atom stereocenters. The van der Waals surface area contributed by atoms with Gasteiger partial charge in [0, 0.05) is 43.4 Å². The third-order valence-electron chi connectivity index (χ3n) is 5.50. The van der Waals surface area contributed by atoms with Crippen LogP contribution in [0.25, 0.3) is 11.2 Å². The van der Waals surface area contributed by atoms with Crippen molar-refractivity contribution in [2.75, 3.05) is 0 Å². The minimum atomic E-state index is -0.775. The van der Waals surface area contributed by atoms with Gasteiger partial charge in [0.05, 0.1) is 17.8 Å². The molecule has 0 aliphatic heterocycles. The molecular formula is C22H23N7O3. The first-order valence-corrected chi connectivity index (χ1v) is 10.1. The fourth-order valence-corrected chi connectivity index (χ4v) is 3.68. The van der Waals surface area contributed by atoms with Gasteiger partial charge in [-0.05, 0) is 43.7 Å². The van der Waals surface area contributed by atoms with E-state index in [0.717, 1.165) is 22.5 Å². The van der Waals surface area contributed by atoms with E-state index in [1.807, 2.05) is 20.9 Å². The third-order valence-corrected chi connectivity index (χ3v) is 5.50. The molecule has 0 aliphatic rings. The van der Waals surface area contributed by atoms with Gasteiger partial charge in [0.25, 0.3) is 0 Å². The van der Waals surface area contributed by atoms with Gasteiger partial charge in [0.15, 0.2) is 5.65 Å². The molecule has 0 atom stereocenters. The lowest BCUT2D eigenvalue weighted by Crippen LogP contribution is -2.44. The Kier molecular flexibility index (Phi) is 5.67. The van der Waals surface area contributed by atoms with E-state index in [1.165, 1.54) is 9.13 Å². The van der Waals surface area contributed by atoms with Crippen LogP contribution in [-0.2, 0) is 31.5 Å². The molecule has 10 nitrogen and oxygen atoms in total. The normalized spacial score (nSPS) is 11.1. The number of carbonyl (C=O) groups is 1. The van der Waals surface area contributed by atoms with Crippen molar-refractivity contribution in [3.63, 3.8) is 0 Å². The quantitative estimate of drug-likeness (QED) is 0.447. The van der Waals surface area contributed by atoms with Crippen LogP contribution in [-0.4, -0.2) is 34.8 Å². The number of hydrogen-bond acceptors (Lipinski definition) is 6. The van der Waals surface area contributed by atoms with Crippen LogP contribution in [0.4, 0.5) is 0 Å². The van der Waals surface area contributed by atoms with Gasteiger partial charge < -0.3 is 5.32 Å². The maximum atomic E-state index is 12.9. The SMILES string of the molecule is Cc1nn(C)c(C)c1CNC(=O)Cn1c(=O)c(=O)n(Cc2ccncc2)c2ncccc21. The molecule has 0 saturated heterocycles. The van der Waals surface area contributed by atoms with Crippen LogP contribution in [0.1, 0.15) is 22.5 Å². The van der Waals surface area contributed by atoms with Crippen LogP contribution >= 0.6 is 0 Å². The Balaban J connectivity index is 1.65. The molecule has 0 aromatic carbocycles. The molecule has 164 valence electrons. The van der Waals surface area contributed by atoms with Crippen LogP contribution in [0.5, 0.6) is 0 Å². The molecule has 4 aromatic rings. The molecule has 0 saturated carbocycles. The lowest BCUT2D eigenvalue weighted by atomic mass is 10.2. The summed E-state index contributed by atoms with van der Waals surface area (Å²) in [5, 5.41) is 7.16. The number of aromatic nitrogens is 6. The highest BCUT2D eigenvalue weighted by molar-refractivity contribution is 5.78. The Morgan fingerprint density at radius 2 is 1.75 bits per heavy atom. The number of nitrogens with zero attached hydrogens (tertiary/aromatic N) is 6. The Labute approximate surface area is 183 Å². The summed E-state index contributed by atoms with van der Waals surface area (Å²) in [5.74, 6) is -0.383. The topological polar surface area (TPSA) is 117 Å². The van der Waals surface area contributed by atoms with E-state index < -0.39 is 11.1 Å². The monoisotopic (exact) mass is 433 g/mol. The lowest BCUT2D eigenvalue weighted by molar-refractivity contribution is -0.121. The average Bonchev–Trinajstić information content (AvgIpc) is 3.04. The highest BCUT2D eigenvalue weighted by Crippen LogP contribution is 2.12. The van der Waals surface area contributed by atoms with Gasteiger partial charge in [-0.1, -0.05) is 0 Å². The smallest absolute Gasteiger partial charge is 0.318 e. The number of aryl methyl sites for hydroxylation is 2. The van der Waals surface area contributed by atoms with Gasteiger partial charge in [-0.2, -0.15) is 5.10 Å². The fraction of sp³-hybridized carbons (Fsp3) is 0.273. The van der Waals surface area contributed by atoms with Crippen molar-refractivity contribution in [2.24, 2.45) is 7.05 Å². The maximum absolute atomic E-state index is 12.9. The third kappa shape index (κ3) is 3.94. The van der Waals surface area contributed by atoms with Crippen LogP contribution in [0.3, 0.4) is 0 Å². The second kappa shape index (κ2) is 8.58. The van der Waals surface area contributed by atoms with E-state index in [2.05, 4.69) is 20.4 Å². The Morgan fingerprint density at radius 1 is 1.03 bits per heavy atom. The average molecular weight is 433 g/mol. The molecule has 0 bridgehead atoms. The Morgan fingerprint density at radius 3 is 2.44 bits per heavy atom. The molecule has 0 aliphatic carbocycles. The highest BCUT2D eigenvalue weighted by Gasteiger charge is 2.17. The van der Waals surface area contributed by atoms with Gasteiger partial charge in [-0.25, -0.2) is 4.98 Å². The maximum Gasteiger partial charge on any atom is 0.318 e. The van der Waals surface area contributed by atoms with Crippen LogP contribution in [0.2, 0.25) is 0 Å². The van der Waals surface area contributed by atoms with Crippen molar-refractivity contribution in [2.45, 2.75) is 33.5 Å². The zero-order valence-electron chi connectivity index (χ0n) is 18.1. The van der Waals surface area contributed by atoms with E-state index in [1.54, 1.807) is 47.5 Å². The minimum absolute atomic E-state index is 0.177. The number of hydrogen-bond donors (Lipinski definition) is 1. The van der Waals surface area contributed by atoms with Crippen LogP contribution in [0.15, 0.2) is 52.4 Å². The molecule has 0 spiro atoms. The van der Waals surface area contributed by atoms with Crippen molar-refractivity contribution in [3.8, 4) is 0 Å². The zero-order valence-corrected chi connectivity index (χ0v) is 18.1. The Bertz CT molecular complexity index is 1420. The number of rotatable bonds is 6. The number of nitrogens with one attached hydrogen (secondary N) is 1. The standard InChI is InChI=1S/C22H23N7O3/c1-14-17(15(2)27(3)26-14)11-25-19(30)13-28-18-5-4-8-24-20(18)29(22(32)21(28)31)12-16-6-9-23-10-7-16/h4-10H,11-13H2,1-3H3,(H,25,30). The Hall–Kier alpha value is -4.08. The highest BCUT2D eigenvalue weighted by atomic mass is 16.2. The van der Waals surface area contributed by atoms with Crippen LogP contribution < -0.4 is 16.4 Å². The van der Waals surface area contributed by atoms with Gasteiger partial charge in [0.1, 0.15) is 6.54 Å². The van der Waals surface area contributed by atoms with Crippen molar-refractivity contribution in [1.82, 2.24) is 34.2 Å². The first kappa shape index (κ1) is 21.2. The summed E-state index contributed by atoms with van der Waals surface area (Å²) in [6, 6.07) is 6.87. The molecule has 0 radical (unpaired) electrons. The lowest BCUT2D eigenvalue weighted by Gasteiger charge is -2.14. The summed E-state index contributed by atoms with van der Waals surface area (Å²) in [5.41, 5.74) is 2.75. The molecule has 4 heterocycles. The largest absolute Gasteiger partial charge is 0.350 e. The van der Waals surface area contributed by atoms with E-state index in [9.17, 15) is 14.4 Å². The molecule has 0 fully saturated rings. The van der Waals surface area contributed by atoms with Crippen molar-refractivity contribution < 1.29 is 4.79 Å². The zero-order chi connectivity index (χ0) is 22.8.